The minimum Gasteiger partial charge on any atom is -0.392 e. The first-order valence-corrected chi connectivity index (χ1v) is 5.63. The van der Waals surface area contributed by atoms with Gasteiger partial charge in [0.05, 0.1) is 12.3 Å². The molecule has 0 saturated carbocycles. The SMILES string of the molecule is Cn1c2c(c3ccccc31)C=CNC=C2CO. The van der Waals surface area contributed by atoms with Gasteiger partial charge in [-0.3, -0.25) is 0 Å². The molecule has 0 atom stereocenters. The first-order chi connectivity index (χ1) is 8.33. The summed E-state index contributed by atoms with van der Waals surface area (Å²) in [4.78, 5) is 0. The number of para-hydroxylation sites is 1. The number of aliphatic hydroxyl groups is 1. The minimum absolute atomic E-state index is 0.0336. The molecule has 2 N–H and O–H groups in total. The van der Waals surface area contributed by atoms with E-state index in [1.807, 2.05) is 31.6 Å². The van der Waals surface area contributed by atoms with Crippen molar-refractivity contribution in [3.8, 4) is 0 Å². The average molecular weight is 226 g/mol. The van der Waals surface area contributed by atoms with Crippen LogP contribution in [-0.4, -0.2) is 16.3 Å². The molecule has 3 rings (SSSR count). The first-order valence-electron chi connectivity index (χ1n) is 5.63. The Bertz CT molecular complexity index is 635. The fraction of sp³-hybridized carbons (Fsp3) is 0.143. The van der Waals surface area contributed by atoms with Crippen LogP contribution >= 0.6 is 0 Å². The second-order valence-electron chi connectivity index (χ2n) is 4.17. The molecule has 3 nitrogen and oxygen atoms in total. The molecule has 0 radical (unpaired) electrons. The third kappa shape index (κ3) is 1.40. The van der Waals surface area contributed by atoms with Gasteiger partial charge in [0.1, 0.15) is 0 Å². The monoisotopic (exact) mass is 226 g/mol. The van der Waals surface area contributed by atoms with Crippen molar-refractivity contribution in [2.75, 3.05) is 6.61 Å². The van der Waals surface area contributed by atoms with Gasteiger partial charge < -0.3 is 15.0 Å². The summed E-state index contributed by atoms with van der Waals surface area (Å²) in [7, 11) is 2.03. The Morgan fingerprint density at radius 3 is 2.94 bits per heavy atom. The van der Waals surface area contributed by atoms with E-state index in [0.717, 1.165) is 16.8 Å². The number of rotatable bonds is 1. The number of nitrogens with one attached hydrogen (secondary N) is 1. The Hall–Kier alpha value is -2.00. The summed E-state index contributed by atoms with van der Waals surface area (Å²) in [6, 6.07) is 8.28. The van der Waals surface area contributed by atoms with Crippen LogP contribution < -0.4 is 5.32 Å². The van der Waals surface area contributed by atoms with Crippen molar-refractivity contribution in [3.63, 3.8) is 0 Å². The van der Waals surface area contributed by atoms with E-state index >= 15 is 0 Å². The highest BCUT2D eigenvalue weighted by atomic mass is 16.3. The van der Waals surface area contributed by atoms with E-state index in [2.05, 4.69) is 28.1 Å². The molecule has 0 amide bonds. The second-order valence-corrected chi connectivity index (χ2v) is 4.17. The lowest BCUT2D eigenvalue weighted by atomic mass is 10.1. The zero-order valence-electron chi connectivity index (χ0n) is 9.64. The van der Waals surface area contributed by atoms with E-state index in [0.29, 0.717) is 0 Å². The molecule has 2 aromatic rings. The van der Waals surface area contributed by atoms with Crippen LogP contribution in [0.5, 0.6) is 0 Å². The molecule has 86 valence electrons. The maximum atomic E-state index is 9.46. The molecule has 0 unspecified atom stereocenters. The van der Waals surface area contributed by atoms with Gasteiger partial charge in [-0.05, 0) is 12.1 Å². The summed E-state index contributed by atoms with van der Waals surface area (Å²) in [6.07, 6.45) is 5.80. The Labute approximate surface area is 99.7 Å². The molecule has 2 heterocycles. The summed E-state index contributed by atoms with van der Waals surface area (Å²) in [5.41, 5.74) is 4.33. The maximum absolute atomic E-state index is 9.46. The van der Waals surface area contributed by atoms with Crippen molar-refractivity contribution in [3.05, 3.63) is 47.9 Å². The van der Waals surface area contributed by atoms with Gasteiger partial charge in [-0.15, -0.1) is 0 Å². The highest BCUT2D eigenvalue weighted by Gasteiger charge is 2.16. The topological polar surface area (TPSA) is 37.2 Å². The van der Waals surface area contributed by atoms with E-state index in [9.17, 15) is 5.11 Å². The molecule has 0 spiro atoms. The first kappa shape index (κ1) is 10.2. The predicted molar refractivity (Wildman–Crippen MR) is 70.2 cm³/mol. The van der Waals surface area contributed by atoms with Crippen molar-refractivity contribution < 1.29 is 5.11 Å². The van der Waals surface area contributed by atoms with Crippen LogP contribution in [0.4, 0.5) is 0 Å². The van der Waals surface area contributed by atoms with Crippen molar-refractivity contribution in [1.29, 1.82) is 0 Å². The summed E-state index contributed by atoms with van der Waals surface area (Å²) >= 11 is 0. The van der Waals surface area contributed by atoms with Gasteiger partial charge in [-0.1, -0.05) is 18.2 Å². The van der Waals surface area contributed by atoms with Gasteiger partial charge in [-0.2, -0.15) is 0 Å². The number of fused-ring (bicyclic) bond motifs is 3. The number of nitrogens with zero attached hydrogens (tertiary/aromatic N) is 1. The minimum atomic E-state index is 0.0336. The van der Waals surface area contributed by atoms with Crippen molar-refractivity contribution in [2.45, 2.75) is 0 Å². The van der Waals surface area contributed by atoms with Crippen molar-refractivity contribution in [1.82, 2.24) is 9.88 Å². The Balaban J connectivity index is 2.43. The zero-order valence-corrected chi connectivity index (χ0v) is 9.64. The molecule has 3 heteroatoms. The number of hydrogen-bond acceptors (Lipinski definition) is 2. The lowest BCUT2D eigenvalue weighted by Gasteiger charge is -2.07. The molecule has 1 aliphatic heterocycles. The third-order valence-electron chi connectivity index (χ3n) is 3.22. The summed E-state index contributed by atoms with van der Waals surface area (Å²) in [6.45, 7) is 0.0336. The van der Waals surface area contributed by atoms with Crippen LogP contribution in [0.1, 0.15) is 11.3 Å². The number of aromatic nitrogens is 1. The molecule has 1 aromatic carbocycles. The van der Waals surface area contributed by atoms with Crippen LogP contribution in [0.3, 0.4) is 0 Å². The van der Waals surface area contributed by atoms with Crippen LogP contribution in [0.25, 0.3) is 22.6 Å². The fourth-order valence-corrected chi connectivity index (χ4v) is 2.45. The van der Waals surface area contributed by atoms with Crippen LogP contribution in [0, 0.1) is 0 Å². The highest BCUT2D eigenvalue weighted by Crippen LogP contribution is 2.31. The van der Waals surface area contributed by atoms with E-state index in [4.69, 9.17) is 0 Å². The summed E-state index contributed by atoms with van der Waals surface area (Å²) in [5, 5.41) is 13.7. The van der Waals surface area contributed by atoms with E-state index in [1.54, 1.807) is 0 Å². The Morgan fingerprint density at radius 1 is 1.29 bits per heavy atom. The normalized spacial score (nSPS) is 14.1. The highest BCUT2D eigenvalue weighted by molar-refractivity contribution is 5.96. The van der Waals surface area contributed by atoms with Gasteiger partial charge >= 0.3 is 0 Å². The molecule has 17 heavy (non-hydrogen) atoms. The number of aryl methyl sites for hydroxylation is 1. The fourth-order valence-electron chi connectivity index (χ4n) is 2.45. The Kier molecular flexibility index (Phi) is 2.27. The standard InChI is InChI=1S/C14H14N2O/c1-16-13-5-3-2-4-11(13)12-6-7-15-8-10(9-17)14(12)16/h2-8,15,17H,9H2,1H3. The largest absolute Gasteiger partial charge is 0.392 e. The molecule has 0 fully saturated rings. The van der Waals surface area contributed by atoms with Crippen molar-refractivity contribution in [2.24, 2.45) is 7.05 Å². The number of hydrogen-bond donors (Lipinski definition) is 2. The van der Waals surface area contributed by atoms with Crippen LogP contribution in [0.2, 0.25) is 0 Å². The van der Waals surface area contributed by atoms with E-state index < -0.39 is 0 Å². The number of aliphatic hydroxyl groups excluding tert-OH is 1. The van der Waals surface area contributed by atoms with Gasteiger partial charge in [-0.25, -0.2) is 0 Å². The lowest BCUT2D eigenvalue weighted by molar-refractivity contribution is 0.349. The van der Waals surface area contributed by atoms with Gasteiger partial charge in [0, 0.05) is 41.5 Å². The van der Waals surface area contributed by atoms with E-state index in [-0.39, 0.29) is 6.61 Å². The quantitative estimate of drug-likeness (QED) is 0.781. The van der Waals surface area contributed by atoms with Crippen LogP contribution in [-0.2, 0) is 7.05 Å². The molecule has 0 saturated heterocycles. The molecule has 0 aliphatic carbocycles. The molecule has 1 aliphatic rings. The van der Waals surface area contributed by atoms with Gasteiger partial charge in [0.15, 0.2) is 0 Å². The molecular weight excluding hydrogens is 212 g/mol. The smallest absolute Gasteiger partial charge is 0.0716 e. The van der Waals surface area contributed by atoms with Gasteiger partial charge in [0.2, 0.25) is 0 Å². The maximum Gasteiger partial charge on any atom is 0.0716 e. The lowest BCUT2D eigenvalue weighted by Crippen LogP contribution is -2.02. The average Bonchev–Trinajstić information content (AvgIpc) is 2.55. The predicted octanol–water partition coefficient (Wildman–Crippen LogP) is 2.09. The third-order valence-corrected chi connectivity index (χ3v) is 3.22. The molecule has 1 aromatic heterocycles. The Morgan fingerprint density at radius 2 is 2.12 bits per heavy atom. The molecule has 0 bridgehead atoms. The zero-order chi connectivity index (χ0) is 11.8. The van der Waals surface area contributed by atoms with Gasteiger partial charge in [0.25, 0.3) is 0 Å². The number of benzene rings is 1. The summed E-state index contributed by atoms with van der Waals surface area (Å²) in [5.74, 6) is 0. The summed E-state index contributed by atoms with van der Waals surface area (Å²) < 4.78 is 2.13. The molecular formula is C14H14N2O. The van der Waals surface area contributed by atoms with Crippen molar-refractivity contribution >= 4 is 22.6 Å². The second kappa shape index (κ2) is 3.79. The van der Waals surface area contributed by atoms with E-state index in [1.165, 1.54) is 10.9 Å². The van der Waals surface area contributed by atoms with Crippen LogP contribution in [0.15, 0.2) is 36.7 Å².